The van der Waals surface area contributed by atoms with Crippen molar-refractivity contribution < 1.29 is 13.5 Å². The van der Waals surface area contributed by atoms with Crippen LogP contribution in [0.3, 0.4) is 0 Å². The zero-order chi connectivity index (χ0) is 17.3. The van der Waals surface area contributed by atoms with Gasteiger partial charge in [-0.15, -0.1) is 10.2 Å². The van der Waals surface area contributed by atoms with Crippen LogP contribution in [0.15, 0.2) is 45.6 Å². The van der Waals surface area contributed by atoms with Crippen molar-refractivity contribution in [2.45, 2.75) is 4.90 Å². The van der Waals surface area contributed by atoms with E-state index < -0.39 is 20.7 Å². The van der Waals surface area contributed by atoms with Crippen molar-refractivity contribution in [1.82, 2.24) is 9.36 Å². The zero-order valence-electron chi connectivity index (χ0n) is 11.8. The summed E-state index contributed by atoms with van der Waals surface area (Å²) in [4.78, 5) is 3.59. The summed E-state index contributed by atoms with van der Waals surface area (Å²) in [5, 5.41) is 32.4. The molecule has 0 spiro atoms. The van der Waals surface area contributed by atoms with Crippen LogP contribution in [-0.4, -0.2) is 22.9 Å². The van der Waals surface area contributed by atoms with E-state index in [4.69, 9.17) is 10.4 Å². The number of aromatic hydroxyl groups is 1. The van der Waals surface area contributed by atoms with E-state index in [9.17, 15) is 13.5 Å². The van der Waals surface area contributed by atoms with Gasteiger partial charge in [-0.1, -0.05) is 0 Å². The predicted molar refractivity (Wildman–Crippen MR) is 85.8 cm³/mol. The van der Waals surface area contributed by atoms with Crippen LogP contribution in [0.5, 0.6) is 5.75 Å². The van der Waals surface area contributed by atoms with Gasteiger partial charge in [0.1, 0.15) is 16.7 Å². The Kier molecular flexibility index (Phi) is 3.94. The van der Waals surface area contributed by atoms with Gasteiger partial charge in [0.15, 0.2) is 10.6 Å². The number of hydrogen-bond acceptors (Lipinski definition) is 9. The lowest BCUT2D eigenvalue weighted by Gasteiger charge is -2.02. The third-order valence-corrected chi connectivity index (χ3v) is 4.63. The highest BCUT2D eigenvalue weighted by Gasteiger charge is 2.14. The number of hydrogen-bond donors (Lipinski definition) is 2. The Hall–Kier alpha value is -2.94. The van der Waals surface area contributed by atoms with Crippen LogP contribution in [0.2, 0.25) is 0 Å². The van der Waals surface area contributed by atoms with Crippen LogP contribution in [0.25, 0.3) is 11.0 Å². The molecule has 2 aromatic heterocycles. The molecular weight excluding hydrogens is 352 g/mol. The maximum Gasteiger partial charge on any atom is 0.241 e. The first-order valence-electron chi connectivity index (χ1n) is 6.31. The first-order chi connectivity index (χ1) is 11.4. The molecule has 0 aliphatic carbocycles. The van der Waals surface area contributed by atoms with E-state index in [2.05, 4.69) is 19.6 Å². The third kappa shape index (κ3) is 3.06. The highest BCUT2D eigenvalue weighted by molar-refractivity contribution is 7.89. The number of pyridine rings is 1. The summed E-state index contributed by atoms with van der Waals surface area (Å²) in [6.45, 7) is 0. The Morgan fingerprint density at radius 3 is 2.79 bits per heavy atom. The van der Waals surface area contributed by atoms with Gasteiger partial charge >= 0.3 is 0 Å². The summed E-state index contributed by atoms with van der Waals surface area (Å²) in [7, 11) is -4.08. The van der Waals surface area contributed by atoms with Gasteiger partial charge in [-0.05, 0) is 35.8 Å². The molecule has 3 rings (SSSR count). The second-order valence-electron chi connectivity index (χ2n) is 4.59. The van der Waals surface area contributed by atoms with Gasteiger partial charge in [0.2, 0.25) is 10.0 Å². The fourth-order valence-electron chi connectivity index (χ4n) is 1.85. The predicted octanol–water partition coefficient (Wildman–Crippen LogP) is 2.33. The van der Waals surface area contributed by atoms with E-state index in [1.807, 2.05) is 6.07 Å². The second-order valence-corrected chi connectivity index (χ2v) is 6.87. The Labute approximate surface area is 139 Å². The first kappa shape index (κ1) is 15.9. The largest absolute Gasteiger partial charge is 0.507 e. The second kappa shape index (κ2) is 5.93. The van der Waals surface area contributed by atoms with Gasteiger partial charge in [0.25, 0.3) is 0 Å². The average molecular weight is 360 g/mol. The fourth-order valence-corrected chi connectivity index (χ4v) is 3.14. The molecule has 120 valence electrons. The molecule has 0 saturated heterocycles. The summed E-state index contributed by atoms with van der Waals surface area (Å²) < 4.78 is 26.9. The summed E-state index contributed by atoms with van der Waals surface area (Å²) >= 11 is 1.04. The van der Waals surface area contributed by atoms with E-state index in [0.29, 0.717) is 21.6 Å². The molecule has 0 unspecified atom stereocenters. The molecule has 0 aliphatic heterocycles. The minimum atomic E-state index is -4.08. The molecule has 0 atom stereocenters. The molecule has 3 aromatic rings. The van der Waals surface area contributed by atoms with Crippen molar-refractivity contribution in [3.8, 4) is 11.8 Å². The normalized spacial score (nSPS) is 11.8. The van der Waals surface area contributed by atoms with E-state index in [1.54, 1.807) is 6.07 Å². The maximum absolute atomic E-state index is 11.4. The minimum absolute atomic E-state index is 0.183. The molecule has 9 nitrogen and oxygen atoms in total. The van der Waals surface area contributed by atoms with Crippen molar-refractivity contribution >= 4 is 43.3 Å². The van der Waals surface area contributed by atoms with Crippen LogP contribution in [0, 0.1) is 11.3 Å². The maximum atomic E-state index is 11.4. The number of benzene rings is 1. The summed E-state index contributed by atoms with van der Waals surface area (Å²) in [6.07, 6.45) is 1.40. The Bertz CT molecular complexity index is 1110. The fraction of sp³-hybridized carbons (Fsp3) is 0. The molecule has 0 saturated carbocycles. The number of phenols is 1. The van der Waals surface area contributed by atoms with Crippen molar-refractivity contribution in [2.75, 3.05) is 0 Å². The van der Waals surface area contributed by atoms with Crippen molar-refractivity contribution in [1.29, 1.82) is 5.26 Å². The summed E-state index contributed by atoms with van der Waals surface area (Å²) in [6, 6.07) is 7.22. The van der Waals surface area contributed by atoms with Crippen LogP contribution < -0.4 is 5.14 Å². The highest BCUT2D eigenvalue weighted by Crippen LogP contribution is 2.32. The topological polar surface area (TPSA) is 155 Å². The highest BCUT2D eigenvalue weighted by atomic mass is 32.2. The van der Waals surface area contributed by atoms with Gasteiger partial charge in [-0.25, -0.2) is 18.5 Å². The lowest BCUT2D eigenvalue weighted by molar-refractivity contribution is 0.459. The number of aromatic nitrogens is 2. The number of fused-ring (bicyclic) bond motifs is 1. The van der Waals surface area contributed by atoms with E-state index in [0.717, 1.165) is 23.7 Å². The quantitative estimate of drug-likeness (QED) is 0.683. The standard InChI is InChI=1S/C13H8N6O3S2/c14-5-7-3-9-12(16-6-7)19-23-13(9)18-17-8-1-2-10(20)11(4-8)24(15,21)22/h1-4,6,20H,(H2,15,21,22)/b18-17+. The zero-order valence-corrected chi connectivity index (χ0v) is 13.4. The Balaban J connectivity index is 2.02. The van der Waals surface area contributed by atoms with Crippen molar-refractivity contribution in [3.05, 3.63) is 36.0 Å². The van der Waals surface area contributed by atoms with Crippen LogP contribution >= 0.6 is 11.5 Å². The molecule has 0 fully saturated rings. The van der Waals surface area contributed by atoms with E-state index >= 15 is 0 Å². The molecule has 0 amide bonds. The molecule has 24 heavy (non-hydrogen) atoms. The number of azo groups is 1. The molecule has 11 heteroatoms. The third-order valence-electron chi connectivity index (χ3n) is 2.95. The molecule has 3 N–H and O–H groups in total. The summed E-state index contributed by atoms with van der Waals surface area (Å²) in [5.74, 6) is -0.470. The number of nitriles is 1. The summed E-state index contributed by atoms with van der Waals surface area (Å²) in [5.41, 5.74) is 0.979. The van der Waals surface area contributed by atoms with Crippen LogP contribution in [0.4, 0.5) is 10.7 Å². The smallest absolute Gasteiger partial charge is 0.241 e. The SMILES string of the molecule is N#Cc1cnc2nsc(/N=N/c3ccc(O)c(S(N)(=O)=O)c3)c2c1. The van der Waals surface area contributed by atoms with E-state index in [1.165, 1.54) is 12.3 Å². The van der Waals surface area contributed by atoms with Gasteiger partial charge in [0.05, 0.1) is 16.6 Å². The first-order valence-corrected chi connectivity index (χ1v) is 8.63. The number of nitrogens with two attached hydrogens (primary N) is 1. The van der Waals surface area contributed by atoms with Crippen LogP contribution in [-0.2, 0) is 10.0 Å². The molecule has 1 aromatic carbocycles. The number of phenolic OH excluding ortho intramolecular Hbond substituents is 1. The van der Waals surface area contributed by atoms with Gasteiger partial charge in [0, 0.05) is 6.20 Å². The van der Waals surface area contributed by atoms with E-state index in [-0.39, 0.29) is 5.69 Å². The lowest BCUT2D eigenvalue weighted by Crippen LogP contribution is -2.12. The molecule has 0 aliphatic rings. The number of sulfonamides is 1. The lowest BCUT2D eigenvalue weighted by atomic mass is 10.2. The van der Waals surface area contributed by atoms with Crippen molar-refractivity contribution in [2.24, 2.45) is 15.4 Å². The Morgan fingerprint density at radius 1 is 1.29 bits per heavy atom. The minimum Gasteiger partial charge on any atom is -0.507 e. The van der Waals surface area contributed by atoms with Crippen molar-refractivity contribution in [3.63, 3.8) is 0 Å². The molecule has 0 bridgehead atoms. The number of rotatable bonds is 3. The average Bonchev–Trinajstić information content (AvgIpc) is 2.95. The number of primary sulfonamides is 1. The number of nitrogens with zero attached hydrogens (tertiary/aromatic N) is 5. The molecule has 2 heterocycles. The molecular formula is C13H8N6O3S2. The van der Waals surface area contributed by atoms with Gasteiger partial charge < -0.3 is 5.11 Å². The Morgan fingerprint density at radius 2 is 2.08 bits per heavy atom. The monoisotopic (exact) mass is 360 g/mol. The van der Waals surface area contributed by atoms with Crippen LogP contribution in [0.1, 0.15) is 5.56 Å². The molecule has 0 radical (unpaired) electrons. The van der Waals surface area contributed by atoms with Gasteiger partial charge in [-0.2, -0.15) is 9.64 Å². The van der Waals surface area contributed by atoms with Gasteiger partial charge in [-0.3, -0.25) is 0 Å².